The molecule has 62 heavy (non-hydrogen) atoms. The number of aromatic nitrogens is 5. The van der Waals surface area contributed by atoms with Gasteiger partial charge in [0.05, 0.1) is 33.3 Å². The average molecular weight is 790 g/mol. The van der Waals surface area contributed by atoms with Gasteiger partial charge in [0.2, 0.25) is 0 Å². The normalized spacial score (nSPS) is 11.9. The van der Waals surface area contributed by atoms with Gasteiger partial charge in [-0.1, -0.05) is 158 Å². The molecule has 0 radical (unpaired) electrons. The Bertz CT molecular complexity index is 3860. The summed E-state index contributed by atoms with van der Waals surface area (Å²) in [7, 11) is 0. The van der Waals surface area contributed by atoms with Crippen LogP contribution in [0.2, 0.25) is 0 Å². The largest absolute Gasteiger partial charge is 0.309 e. The first-order chi connectivity index (χ1) is 30.7. The van der Waals surface area contributed by atoms with E-state index in [0.717, 1.165) is 55.3 Å². The van der Waals surface area contributed by atoms with Gasteiger partial charge in [0.1, 0.15) is 0 Å². The minimum absolute atomic E-state index is 0.625. The number of hydrogen-bond acceptors (Lipinski definition) is 3. The summed E-state index contributed by atoms with van der Waals surface area (Å²) in [4.78, 5) is 15.6. The predicted octanol–water partition coefficient (Wildman–Crippen LogP) is 14.5. The van der Waals surface area contributed by atoms with Crippen molar-refractivity contribution < 1.29 is 0 Å². The molecule has 3 heterocycles. The minimum Gasteiger partial charge on any atom is -0.309 e. The monoisotopic (exact) mass is 789 g/mol. The molecule has 5 heteroatoms. The Morgan fingerprint density at radius 1 is 0.274 bits per heavy atom. The van der Waals surface area contributed by atoms with Gasteiger partial charge in [-0.2, -0.15) is 0 Å². The van der Waals surface area contributed by atoms with Crippen molar-refractivity contribution in [2.75, 3.05) is 0 Å². The van der Waals surface area contributed by atoms with E-state index >= 15 is 0 Å². The Morgan fingerprint density at radius 3 is 1.40 bits per heavy atom. The third kappa shape index (κ3) is 5.32. The van der Waals surface area contributed by atoms with Crippen LogP contribution < -0.4 is 0 Å². The van der Waals surface area contributed by atoms with Crippen molar-refractivity contribution in [3.63, 3.8) is 0 Å². The van der Waals surface area contributed by atoms with E-state index in [0.29, 0.717) is 17.5 Å². The maximum Gasteiger partial charge on any atom is 0.166 e. The second-order valence-electron chi connectivity index (χ2n) is 16.0. The van der Waals surface area contributed by atoms with Crippen LogP contribution in [0.3, 0.4) is 0 Å². The van der Waals surface area contributed by atoms with Crippen molar-refractivity contribution in [3.8, 4) is 45.5 Å². The molecule has 0 amide bonds. The summed E-state index contributed by atoms with van der Waals surface area (Å²) in [6.45, 7) is 0. The lowest BCUT2D eigenvalue weighted by Crippen LogP contribution is -2.04. The zero-order valence-corrected chi connectivity index (χ0v) is 33.4. The van der Waals surface area contributed by atoms with Crippen molar-refractivity contribution in [1.82, 2.24) is 24.1 Å². The quantitative estimate of drug-likeness (QED) is 0.174. The van der Waals surface area contributed by atoms with Gasteiger partial charge in [-0.25, -0.2) is 15.0 Å². The summed E-state index contributed by atoms with van der Waals surface area (Å²) in [6, 6.07) is 75.8. The van der Waals surface area contributed by atoms with Crippen LogP contribution in [-0.4, -0.2) is 24.1 Å². The first kappa shape index (κ1) is 34.5. The molecular formula is C57H35N5. The third-order valence-corrected chi connectivity index (χ3v) is 12.5. The number of fused-ring (bicyclic) bond motifs is 9. The van der Waals surface area contributed by atoms with Crippen molar-refractivity contribution in [3.05, 3.63) is 212 Å². The van der Waals surface area contributed by atoms with E-state index in [1.165, 1.54) is 48.7 Å². The van der Waals surface area contributed by atoms with E-state index in [4.69, 9.17) is 15.0 Å². The second-order valence-corrected chi connectivity index (χ2v) is 16.0. The molecular weight excluding hydrogens is 755 g/mol. The lowest BCUT2D eigenvalue weighted by Gasteiger charge is -2.17. The van der Waals surface area contributed by atoms with Crippen LogP contribution in [0, 0.1) is 0 Å². The summed E-state index contributed by atoms with van der Waals surface area (Å²) in [5.74, 6) is 1.89. The van der Waals surface area contributed by atoms with Crippen molar-refractivity contribution in [2.24, 2.45) is 0 Å². The fourth-order valence-corrected chi connectivity index (χ4v) is 9.63. The van der Waals surface area contributed by atoms with E-state index in [2.05, 4.69) is 185 Å². The molecule has 13 rings (SSSR count). The van der Waals surface area contributed by atoms with Gasteiger partial charge in [0.25, 0.3) is 0 Å². The molecule has 3 aromatic heterocycles. The van der Waals surface area contributed by atoms with Gasteiger partial charge in [-0.15, -0.1) is 0 Å². The van der Waals surface area contributed by atoms with E-state index in [9.17, 15) is 0 Å². The van der Waals surface area contributed by atoms with Crippen molar-refractivity contribution >= 4 is 75.9 Å². The van der Waals surface area contributed by atoms with Gasteiger partial charge < -0.3 is 9.13 Å². The molecule has 0 aliphatic carbocycles. The lowest BCUT2D eigenvalue weighted by molar-refractivity contribution is 1.07. The van der Waals surface area contributed by atoms with E-state index < -0.39 is 0 Å². The van der Waals surface area contributed by atoms with Crippen molar-refractivity contribution in [2.45, 2.75) is 0 Å². The van der Waals surface area contributed by atoms with Crippen LogP contribution in [0.15, 0.2) is 212 Å². The first-order valence-electron chi connectivity index (χ1n) is 21.0. The average Bonchev–Trinajstić information content (AvgIpc) is 3.83. The van der Waals surface area contributed by atoms with Crippen LogP contribution >= 0.6 is 0 Å². The molecule has 0 bridgehead atoms. The maximum atomic E-state index is 5.29. The molecule has 288 valence electrons. The number of para-hydroxylation sites is 2. The summed E-state index contributed by atoms with van der Waals surface area (Å²) >= 11 is 0. The molecule has 0 spiro atoms. The van der Waals surface area contributed by atoms with E-state index in [1.807, 2.05) is 36.4 Å². The number of hydrogen-bond donors (Lipinski definition) is 0. The van der Waals surface area contributed by atoms with E-state index in [1.54, 1.807) is 0 Å². The Kier molecular flexibility index (Phi) is 7.54. The smallest absolute Gasteiger partial charge is 0.166 e. The Morgan fingerprint density at radius 2 is 0.742 bits per heavy atom. The van der Waals surface area contributed by atoms with Gasteiger partial charge in [0, 0.05) is 38.4 Å². The fourth-order valence-electron chi connectivity index (χ4n) is 9.63. The van der Waals surface area contributed by atoms with Crippen molar-refractivity contribution in [1.29, 1.82) is 0 Å². The third-order valence-electron chi connectivity index (χ3n) is 12.5. The fraction of sp³-hybridized carbons (Fsp3) is 0. The number of rotatable bonds is 5. The molecule has 0 aliphatic rings. The molecule has 10 aromatic carbocycles. The number of benzene rings is 10. The van der Waals surface area contributed by atoms with Crippen LogP contribution in [0.1, 0.15) is 0 Å². The molecule has 0 saturated carbocycles. The predicted molar refractivity (Wildman–Crippen MR) is 257 cm³/mol. The maximum absolute atomic E-state index is 5.29. The summed E-state index contributed by atoms with van der Waals surface area (Å²) in [5.41, 5.74) is 9.61. The lowest BCUT2D eigenvalue weighted by atomic mass is 10.0. The Balaban J connectivity index is 1.06. The van der Waals surface area contributed by atoms with Gasteiger partial charge in [0.15, 0.2) is 17.5 Å². The van der Waals surface area contributed by atoms with Gasteiger partial charge in [-0.05, 0) is 86.9 Å². The molecule has 13 aromatic rings. The zero-order chi connectivity index (χ0) is 40.7. The van der Waals surface area contributed by atoms with Gasteiger partial charge >= 0.3 is 0 Å². The Labute approximate surface area is 356 Å². The van der Waals surface area contributed by atoms with Crippen LogP contribution in [-0.2, 0) is 0 Å². The highest BCUT2D eigenvalue weighted by Crippen LogP contribution is 2.42. The summed E-state index contributed by atoms with van der Waals surface area (Å²) in [6.07, 6.45) is 0. The molecule has 0 unspecified atom stereocenters. The SMILES string of the molecule is c1ccc(-c2nc(-c3ccccc3)nc(-c3c(-n4c5ccccc5c5cc6cc(-n7c8ccccc8c8cc9ccccc9cc87)ccc6cc54)ccc4ccccc34)n2)cc1. The molecule has 0 atom stereocenters. The topological polar surface area (TPSA) is 48.5 Å². The Hall–Kier alpha value is -8.41. The van der Waals surface area contributed by atoms with Crippen LogP contribution in [0.25, 0.3) is 121 Å². The van der Waals surface area contributed by atoms with E-state index in [-0.39, 0.29) is 0 Å². The summed E-state index contributed by atoms with van der Waals surface area (Å²) < 4.78 is 4.83. The van der Waals surface area contributed by atoms with Gasteiger partial charge in [-0.3, -0.25) is 0 Å². The van der Waals surface area contributed by atoms with Crippen LogP contribution in [0.5, 0.6) is 0 Å². The molecule has 0 N–H and O–H groups in total. The molecule has 5 nitrogen and oxygen atoms in total. The highest BCUT2D eigenvalue weighted by atomic mass is 15.1. The number of nitrogens with zero attached hydrogens (tertiary/aromatic N) is 5. The molecule has 0 fully saturated rings. The highest BCUT2D eigenvalue weighted by molar-refractivity contribution is 6.16. The standard InChI is InChI=1S/C57H35N5/c1-3-16-37(17-4-1)55-58-56(38-18-5-2-6-19-38)60-57(59-55)54-44-22-10-9-15-36(44)28-30-51(54)62-50-26-14-12-24-46(50)48-33-42-31-43(29-27-41(42)35-53(48)62)61-49-25-13-11-23-45(49)47-32-39-20-7-8-21-40(39)34-52(47)61/h1-35H. The minimum atomic E-state index is 0.625. The van der Waals surface area contributed by atoms with Crippen LogP contribution in [0.4, 0.5) is 0 Å². The zero-order valence-electron chi connectivity index (χ0n) is 33.4. The second kappa shape index (κ2) is 13.6. The first-order valence-corrected chi connectivity index (χ1v) is 21.0. The summed E-state index contributed by atoms with van der Waals surface area (Å²) in [5, 5.41) is 11.9. The highest BCUT2D eigenvalue weighted by Gasteiger charge is 2.22. The molecule has 0 aliphatic heterocycles. The molecule has 0 saturated heterocycles.